The monoisotopic (exact) mass is 529 g/mol. The normalized spacial score (nSPS) is 44.0. The molecule has 4 aliphatic carbocycles. The molecule has 1 heterocycles. The van der Waals surface area contributed by atoms with Crippen molar-refractivity contribution in [1.29, 1.82) is 0 Å². The first-order valence-electron chi connectivity index (χ1n) is 15.4. The average molecular weight is 530 g/mol. The lowest BCUT2D eigenvalue weighted by Crippen LogP contribution is -2.63. The van der Waals surface area contributed by atoms with E-state index in [1.165, 1.54) is 6.42 Å². The van der Waals surface area contributed by atoms with Gasteiger partial charge in [0.2, 0.25) is 0 Å². The maximum Gasteiger partial charge on any atom is 0.330 e. The Balaban J connectivity index is 1.25. The van der Waals surface area contributed by atoms with Crippen molar-refractivity contribution in [1.82, 2.24) is 15.5 Å². The number of carbonyl (C=O) groups is 2. The lowest BCUT2D eigenvalue weighted by atomic mass is 9.43. The van der Waals surface area contributed by atoms with E-state index in [0.29, 0.717) is 30.3 Å². The molecule has 7 heteroatoms. The zero-order chi connectivity index (χ0) is 27.1. The molecule has 4 fully saturated rings. The van der Waals surface area contributed by atoms with Crippen LogP contribution in [0.5, 0.6) is 0 Å². The molecule has 2 amide bonds. The van der Waals surface area contributed by atoms with Gasteiger partial charge in [0.25, 0.3) is 0 Å². The molecule has 0 bridgehead atoms. The number of nitrogens with zero attached hydrogens (tertiary/aromatic N) is 1. The van der Waals surface area contributed by atoms with E-state index in [-0.39, 0.29) is 34.8 Å². The van der Waals surface area contributed by atoms with Gasteiger partial charge >= 0.3 is 12.0 Å². The summed E-state index contributed by atoms with van der Waals surface area (Å²) in [6.07, 6.45) is 14.2. The predicted molar refractivity (Wildman–Crippen MR) is 148 cm³/mol. The summed E-state index contributed by atoms with van der Waals surface area (Å²) in [5.41, 5.74) is -0.529. The fraction of sp³-hybridized carbons (Fsp3) is 0.871. The van der Waals surface area contributed by atoms with Crippen LogP contribution in [0.4, 0.5) is 4.79 Å². The molecule has 0 aromatic heterocycles. The summed E-state index contributed by atoms with van der Waals surface area (Å²) < 4.78 is 5.39. The van der Waals surface area contributed by atoms with Crippen molar-refractivity contribution in [2.45, 2.75) is 96.6 Å². The number of hydrogen-bond donors (Lipinski definition) is 3. The maximum absolute atomic E-state index is 13.0. The van der Waals surface area contributed by atoms with Gasteiger partial charge in [-0.2, -0.15) is 0 Å². The predicted octanol–water partition coefficient (Wildman–Crippen LogP) is 4.50. The molecule has 5 aliphatic rings. The molecule has 4 saturated carbocycles. The van der Waals surface area contributed by atoms with Crippen molar-refractivity contribution in [3.05, 3.63) is 12.2 Å². The summed E-state index contributed by atoms with van der Waals surface area (Å²) in [5, 5.41) is 19.0. The first-order valence-corrected chi connectivity index (χ1v) is 15.4. The van der Waals surface area contributed by atoms with Gasteiger partial charge < -0.3 is 25.4 Å². The molecule has 9 atom stereocenters. The summed E-state index contributed by atoms with van der Waals surface area (Å²) in [4.78, 5) is 26.6. The van der Waals surface area contributed by atoms with Gasteiger partial charge in [0.05, 0.1) is 12.2 Å². The van der Waals surface area contributed by atoms with E-state index >= 15 is 0 Å². The molecule has 7 nitrogen and oxygen atoms in total. The molecule has 38 heavy (non-hydrogen) atoms. The fourth-order valence-corrected chi connectivity index (χ4v) is 9.93. The van der Waals surface area contributed by atoms with E-state index < -0.39 is 5.60 Å². The molecule has 214 valence electrons. The van der Waals surface area contributed by atoms with Crippen LogP contribution in [0.1, 0.15) is 85.0 Å². The molecular weight excluding hydrogens is 478 g/mol. The number of rotatable bonds is 7. The van der Waals surface area contributed by atoms with Gasteiger partial charge in [0.1, 0.15) is 0 Å². The zero-order valence-corrected chi connectivity index (χ0v) is 24.1. The Kier molecular flexibility index (Phi) is 7.91. The van der Waals surface area contributed by atoms with Crippen LogP contribution in [0.25, 0.3) is 0 Å². The minimum atomic E-state index is -0.635. The topological polar surface area (TPSA) is 90.9 Å². The van der Waals surface area contributed by atoms with Crippen LogP contribution in [0, 0.1) is 40.4 Å². The van der Waals surface area contributed by atoms with E-state index in [2.05, 4.69) is 31.4 Å². The van der Waals surface area contributed by atoms with Crippen LogP contribution >= 0.6 is 0 Å². The molecular formula is C31H51N3O4. The second-order valence-electron chi connectivity index (χ2n) is 13.6. The number of ether oxygens (including phenoxy) is 1. The van der Waals surface area contributed by atoms with Gasteiger partial charge in [-0.1, -0.05) is 19.9 Å². The third-order valence-corrected chi connectivity index (χ3v) is 12.2. The highest BCUT2D eigenvalue weighted by Crippen LogP contribution is 2.70. The van der Waals surface area contributed by atoms with Crippen molar-refractivity contribution in [3.63, 3.8) is 0 Å². The largest absolute Gasteiger partial charge is 0.462 e. The Morgan fingerprint density at radius 1 is 1.11 bits per heavy atom. The van der Waals surface area contributed by atoms with Gasteiger partial charge in [0.15, 0.2) is 0 Å². The minimum absolute atomic E-state index is 0.0908. The number of amides is 2. The molecule has 0 aromatic carbocycles. The number of cyclic esters (lactones) is 1. The highest BCUT2D eigenvalue weighted by atomic mass is 16.5. The molecule has 0 saturated heterocycles. The smallest absolute Gasteiger partial charge is 0.330 e. The summed E-state index contributed by atoms with van der Waals surface area (Å²) in [5.74, 6) is 1.84. The minimum Gasteiger partial charge on any atom is -0.462 e. The van der Waals surface area contributed by atoms with Crippen LogP contribution < -0.4 is 10.6 Å². The Morgan fingerprint density at radius 2 is 1.89 bits per heavy atom. The summed E-state index contributed by atoms with van der Waals surface area (Å²) in [6, 6.07) is 0.345. The van der Waals surface area contributed by atoms with Crippen LogP contribution in [0.2, 0.25) is 0 Å². The standard InChI is InChI=1S/C31H51N3O4/c1-5-34(18-6-17-32-4)28(36)33-23-11-14-29(2)22(19-23)8-9-26-25(29)12-15-30(3)24(13-16-31(26,30)37)21-7-10-27(35)38-20-21/h7,10,21-26,32,37H,5-6,8-9,11-20H2,1-4H3,(H,33,36)/t21?,22-,23+,24-,25+,26-,29+,30-,31+/m1/s1. The van der Waals surface area contributed by atoms with Crippen molar-refractivity contribution < 1.29 is 19.4 Å². The maximum atomic E-state index is 13.0. The van der Waals surface area contributed by atoms with Crippen molar-refractivity contribution in [2.24, 2.45) is 40.4 Å². The number of nitrogens with one attached hydrogen (secondary N) is 2. The molecule has 5 rings (SSSR count). The second-order valence-corrected chi connectivity index (χ2v) is 13.6. The summed E-state index contributed by atoms with van der Waals surface area (Å²) in [7, 11) is 1.95. The Bertz CT molecular complexity index is 925. The van der Waals surface area contributed by atoms with Gasteiger partial charge in [-0.3, -0.25) is 0 Å². The third kappa shape index (κ3) is 4.59. The zero-order valence-electron chi connectivity index (χ0n) is 24.1. The molecule has 1 aliphatic heterocycles. The van der Waals surface area contributed by atoms with Crippen molar-refractivity contribution >= 4 is 12.0 Å². The molecule has 0 spiro atoms. The SMILES string of the molecule is CCN(CCCNC)C(=O)N[C@H]1CC[C@@]2(C)[C@H](CC[C@@H]3[C@@H]2CC[C@]2(C)[C@@H](C4C=CC(=O)OC4)CC[C@]32O)C1. The van der Waals surface area contributed by atoms with Crippen LogP contribution in [0.3, 0.4) is 0 Å². The van der Waals surface area contributed by atoms with Gasteiger partial charge in [-0.15, -0.1) is 0 Å². The van der Waals surface area contributed by atoms with Crippen LogP contribution in [-0.2, 0) is 9.53 Å². The first-order chi connectivity index (χ1) is 18.2. The summed E-state index contributed by atoms with van der Waals surface area (Å²) in [6.45, 7) is 9.81. The number of esters is 1. The Labute approximate surface area is 229 Å². The highest BCUT2D eigenvalue weighted by Gasteiger charge is 2.67. The van der Waals surface area contributed by atoms with Gasteiger partial charge in [0, 0.05) is 36.5 Å². The van der Waals surface area contributed by atoms with E-state index in [0.717, 1.165) is 77.4 Å². The highest BCUT2D eigenvalue weighted by molar-refractivity contribution is 5.82. The van der Waals surface area contributed by atoms with Crippen LogP contribution in [0.15, 0.2) is 12.2 Å². The lowest BCUT2D eigenvalue weighted by molar-refractivity contribution is -0.210. The number of carbonyl (C=O) groups excluding carboxylic acids is 2. The number of fused-ring (bicyclic) bond motifs is 5. The van der Waals surface area contributed by atoms with Gasteiger partial charge in [-0.25, -0.2) is 9.59 Å². The molecule has 0 aromatic rings. The van der Waals surface area contributed by atoms with E-state index in [4.69, 9.17) is 4.74 Å². The van der Waals surface area contributed by atoms with E-state index in [1.54, 1.807) is 6.08 Å². The van der Waals surface area contributed by atoms with E-state index in [9.17, 15) is 14.7 Å². The number of urea groups is 1. The molecule has 1 unspecified atom stereocenters. The fourth-order valence-electron chi connectivity index (χ4n) is 9.93. The number of aliphatic hydroxyl groups is 1. The third-order valence-electron chi connectivity index (χ3n) is 12.2. The van der Waals surface area contributed by atoms with E-state index in [1.807, 2.05) is 18.0 Å². The lowest BCUT2D eigenvalue weighted by Gasteiger charge is -2.64. The van der Waals surface area contributed by atoms with Crippen molar-refractivity contribution in [3.8, 4) is 0 Å². The Hall–Kier alpha value is -1.60. The van der Waals surface area contributed by atoms with Gasteiger partial charge in [-0.05, 0) is 114 Å². The Morgan fingerprint density at radius 3 is 2.61 bits per heavy atom. The molecule has 3 N–H and O–H groups in total. The first kappa shape index (κ1) is 27.9. The quantitative estimate of drug-likeness (QED) is 0.334. The van der Waals surface area contributed by atoms with Crippen LogP contribution in [-0.4, -0.2) is 66.9 Å². The molecule has 0 radical (unpaired) electrons. The summed E-state index contributed by atoms with van der Waals surface area (Å²) >= 11 is 0. The van der Waals surface area contributed by atoms with Crippen molar-refractivity contribution in [2.75, 3.05) is 33.3 Å². The second kappa shape index (κ2) is 10.8. The average Bonchev–Trinajstić information content (AvgIpc) is 3.18. The number of hydrogen-bond acceptors (Lipinski definition) is 5.